The Bertz CT molecular complexity index is 967. The second kappa shape index (κ2) is 9.78. The largest absolute Gasteiger partial charge is 0.493 e. The van der Waals surface area contributed by atoms with Crippen LogP contribution in [-0.4, -0.2) is 37.3 Å². The van der Waals surface area contributed by atoms with E-state index in [0.717, 1.165) is 16.7 Å². The van der Waals surface area contributed by atoms with Crippen LogP contribution in [0.15, 0.2) is 54.7 Å². The molecule has 0 bridgehead atoms. The fraction of sp³-hybridized carbons (Fsp3) is 0.304. The number of fused-ring (bicyclic) bond motifs is 1. The molecule has 2 aromatic carbocycles. The second-order valence-electron chi connectivity index (χ2n) is 6.82. The van der Waals surface area contributed by atoms with Crippen LogP contribution in [0.5, 0.6) is 17.2 Å². The summed E-state index contributed by atoms with van der Waals surface area (Å²) in [6.07, 6.45) is 2.46. The summed E-state index contributed by atoms with van der Waals surface area (Å²) < 4.78 is 16.9. The minimum atomic E-state index is -0.161. The van der Waals surface area contributed by atoms with Crippen molar-refractivity contribution >= 4 is 16.8 Å². The molecule has 1 N–H and O–H groups in total. The van der Waals surface area contributed by atoms with Gasteiger partial charge in [0.1, 0.15) is 11.3 Å². The van der Waals surface area contributed by atoms with E-state index in [1.54, 1.807) is 31.5 Å². The van der Waals surface area contributed by atoms with E-state index in [1.807, 2.05) is 44.2 Å². The molecular formula is C23H26N2O4. The van der Waals surface area contributed by atoms with E-state index in [4.69, 9.17) is 14.2 Å². The van der Waals surface area contributed by atoms with Gasteiger partial charge in [0.15, 0.2) is 11.5 Å². The number of para-hydroxylation sites is 1. The van der Waals surface area contributed by atoms with Gasteiger partial charge in [-0.1, -0.05) is 18.2 Å². The summed E-state index contributed by atoms with van der Waals surface area (Å²) in [5, 5.41) is 3.94. The van der Waals surface area contributed by atoms with Gasteiger partial charge in [-0.25, -0.2) is 0 Å². The van der Waals surface area contributed by atoms with E-state index in [0.29, 0.717) is 36.6 Å². The number of rotatable bonds is 9. The van der Waals surface area contributed by atoms with Gasteiger partial charge in [0.05, 0.1) is 19.8 Å². The van der Waals surface area contributed by atoms with Crippen molar-refractivity contribution in [3.05, 3.63) is 60.3 Å². The number of carbonyl (C=O) groups is 1. The van der Waals surface area contributed by atoms with Crippen LogP contribution in [0.2, 0.25) is 0 Å². The zero-order chi connectivity index (χ0) is 20.6. The lowest BCUT2D eigenvalue weighted by Gasteiger charge is -2.14. The molecule has 0 spiro atoms. The van der Waals surface area contributed by atoms with Crippen molar-refractivity contribution < 1.29 is 19.0 Å². The summed E-state index contributed by atoms with van der Waals surface area (Å²) in [4.78, 5) is 16.8. The molecule has 152 valence electrons. The predicted octanol–water partition coefficient (Wildman–Crippen LogP) is 4.23. The third kappa shape index (κ3) is 5.38. The monoisotopic (exact) mass is 394 g/mol. The molecule has 0 atom stereocenters. The Labute approximate surface area is 170 Å². The lowest BCUT2D eigenvalue weighted by atomic mass is 10.2. The number of methoxy groups -OCH3 is 1. The fourth-order valence-electron chi connectivity index (χ4n) is 2.91. The molecular weight excluding hydrogens is 368 g/mol. The first-order chi connectivity index (χ1) is 14.1. The van der Waals surface area contributed by atoms with Crippen LogP contribution in [0.25, 0.3) is 10.9 Å². The lowest BCUT2D eigenvalue weighted by Crippen LogP contribution is -2.25. The van der Waals surface area contributed by atoms with Gasteiger partial charge in [-0.05, 0) is 50.6 Å². The number of nitrogens with zero attached hydrogens (tertiary/aromatic N) is 1. The third-order valence-corrected chi connectivity index (χ3v) is 4.25. The number of carbonyl (C=O) groups excluding carboxylic acids is 1. The van der Waals surface area contributed by atoms with E-state index in [2.05, 4.69) is 10.3 Å². The quantitative estimate of drug-likeness (QED) is 0.550. The van der Waals surface area contributed by atoms with Gasteiger partial charge >= 0.3 is 0 Å². The van der Waals surface area contributed by atoms with E-state index in [1.165, 1.54) is 0 Å². The maximum Gasteiger partial charge on any atom is 0.251 e. The summed E-state index contributed by atoms with van der Waals surface area (Å²) in [6, 6.07) is 14.9. The second-order valence-corrected chi connectivity index (χ2v) is 6.82. The summed E-state index contributed by atoms with van der Waals surface area (Å²) >= 11 is 0. The number of amides is 1. The normalized spacial score (nSPS) is 10.8. The summed E-state index contributed by atoms with van der Waals surface area (Å²) in [6.45, 7) is 4.87. The molecule has 1 heterocycles. The molecule has 0 aliphatic carbocycles. The minimum absolute atomic E-state index is 0.0283. The molecule has 3 rings (SSSR count). The van der Waals surface area contributed by atoms with E-state index < -0.39 is 0 Å². The average molecular weight is 394 g/mol. The highest BCUT2D eigenvalue weighted by atomic mass is 16.5. The molecule has 0 radical (unpaired) electrons. The SMILES string of the molecule is COc1cc(C(=O)NCCCOc2cccc3cccnc23)ccc1OC(C)C. The molecule has 1 aromatic heterocycles. The van der Waals surface area contributed by atoms with Crippen molar-refractivity contribution in [2.75, 3.05) is 20.3 Å². The molecule has 0 unspecified atom stereocenters. The number of nitrogens with one attached hydrogen (secondary N) is 1. The van der Waals surface area contributed by atoms with Gasteiger partial charge in [-0.2, -0.15) is 0 Å². The number of hydrogen-bond donors (Lipinski definition) is 1. The standard InChI is InChI=1S/C23H26N2O4/c1-16(2)29-19-11-10-18(15-21(19)27-3)23(26)25-13-6-14-28-20-9-4-7-17-8-5-12-24-22(17)20/h4-5,7-12,15-16H,6,13-14H2,1-3H3,(H,25,26). The van der Waals surface area contributed by atoms with Gasteiger partial charge in [0.25, 0.3) is 5.91 Å². The van der Waals surface area contributed by atoms with Crippen LogP contribution in [0, 0.1) is 0 Å². The van der Waals surface area contributed by atoms with Crippen molar-refractivity contribution in [3.63, 3.8) is 0 Å². The van der Waals surface area contributed by atoms with Crippen LogP contribution in [0.4, 0.5) is 0 Å². The first kappa shape index (κ1) is 20.5. The summed E-state index contributed by atoms with van der Waals surface area (Å²) in [5.74, 6) is 1.75. The smallest absolute Gasteiger partial charge is 0.251 e. The maximum absolute atomic E-state index is 12.4. The Kier molecular flexibility index (Phi) is 6.89. The van der Waals surface area contributed by atoms with Crippen LogP contribution < -0.4 is 19.5 Å². The topological polar surface area (TPSA) is 69.7 Å². The Morgan fingerprint density at radius 3 is 2.69 bits per heavy atom. The van der Waals surface area contributed by atoms with E-state index in [-0.39, 0.29) is 12.0 Å². The number of ether oxygens (including phenoxy) is 3. The summed E-state index contributed by atoms with van der Waals surface area (Å²) in [5.41, 5.74) is 1.37. The van der Waals surface area contributed by atoms with Gasteiger partial charge < -0.3 is 19.5 Å². The van der Waals surface area contributed by atoms with Gasteiger partial charge in [-0.15, -0.1) is 0 Å². The lowest BCUT2D eigenvalue weighted by molar-refractivity contribution is 0.0951. The predicted molar refractivity (Wildman–Crippen MR) is 113 cm³/mol. The molecule has 3 aromatic rings. The first-order valence-electron chi connectivity index (χ1n) is 9.68. The maximum atomic E-state index is 12.4. The molecule has 0 fully saturated rings. The fourth-order valence-corrected chi connectivity index (χ4v) is 2.91. The Hall–Kier alpha value is -3.28. The van der Waals surface area contributed by atoms with Crippen molar-refractivity contribution in [1.29, 1.82) is 0 Å². The van der Waals surface area contributed by atoms with Crippen molar-refractivity contribution in [3.8, 4) is 17.2 Å². The third-order valence-electron chi connectivity index (χ3n) is 4.25. The zero-order valence-corrected chi connectivity index (χ0v) is 17.0. The molecule has 6 heteroatoms. The number of benzene rings is 2. The zero-order valence-electron chi connectivity index (χ0n) is 17.0. The van der Waals surface area contributed by atoms with E-state index in [9.17, 15) is 4.79 Å². The Morgan fingerprint density at radius 1 is 1.07 bits per heavy atom. The highest BCUT2D eigenvalue weighted by Crippen LogP contribution is 2.29. The Morgan fingerprint density at radius 2 is 1.90 bits per heavy atom. The van der Waals surface area contributed by atoms with Gasteiger partial charge in [0.2, 0.25) is 0 Å². The number of aromatic nitrogens is 1. The molecule has 29 heavy (non-hydrogen) atoms. The average Bonchev–Trinajstić information content (AvgIpc) is 2.73. The molecule has 0 aliphatic heterocycles. The first-order valence-corrected chi connectivity index (χ1v) is 9.68. The van der Waals surface area contributed by atoms with Crippen LogP contribution in [0.3, 0.4) is 0 Å². The molecule has 6 nitrogen and oxygen atoms in total. The number of pyridine rings is 1. The molecule has 1 amide bonds. The Balaban J connectivity index is 1.50. The molecule has 0 saturated heterocycles. The molecule has 0 saturated carbocycles. The number of hydrogen-bond acceptors (Lipinski definition) is 5. The van der Waals surface area contributed by atoms with Crippen LogP contribution in [0.1, 0.15) is 30.6 Å². The summed E-state index contributed by atoms with van der Waals surface area (Å²) in [7, 11) is 1.56. The van der Waals surface area contributed by atoms with E-state index >= 15 is 0 Å². The van der Waals surface area contributed by atoms with Crippen LogP contribution in [-0.2, 0) is 0 Å². The van der Waals surface area contributed by atoms with Crippen LogP contribution >= 0.6 is 0 Å². The van der Waals surface area contributed by atoms with Crippen molar-refractivity contribution in [2.24, 2.45) is 0 Å². The molecule has 0 aliphatic rings. The highest BCUT2D eigenvalue weighted by Gasteiger charge is 2.12. The van der Waals surface area contributed by atoms with Crippen molar-refractivity contribution in [1.82, 2.24) is 10.3 Å². The van der Waals surface area contributed by atoms with Gasteiger partial charge in [-0.3, -0.25) is 9.78 Å². The minimum Gasteiger partial charge on any atom is -0.493 e. The van der Waals surface area contributed by atoms with Gasteiger partial charge in [0, 0.05) is 23.7 Å². The van der Waals surface area contributed by atoms with Crippen molar-refractivity contribution in [2.45, 2.75) is 26.4 Å². The highest BCUT2D eigenvalue weighted by molar-refractivity contribution is 5.94.